The van der Waals surface area contributed by atoms with Crippen LogP contribution in [0.1, 0.15) is 48.0 Å². The topological polar surface area (TPSA) is 164 Å². The summed E-state index contributed by atoms with van der Waals surface area (Å²) in [6, 6.07) is 29.3. The summed E-state index contributed by atoms with van der Waals surface area (Å²) in [6.07, 6.45) is -2.27. The van der Waals surface area contributed by atoms with E-state index in [0.717, 1.165) is 53.5 Å². The number of benzene rings is 4. The maximum absolute atomic E-state index is 13.3. The zero-order valence-electron chi connectivity index (χ0n) is 30.4. The third-order valence-electron chi connectivity index (χ3n) is 10.4. The fourth-order valence-electron chi connectivity index (χ4n) is 7.26. The second-order valence-corrected chi connectivity index (χ2v) is 14.0. The minimum absolute atomic E-state index is 0.0351. The molecule has 0 bridgehead atoms. The highest BCUT2D eigenvalue weighted by Gasteiger charge is 2.42. The number of nitrogens with zero attached hydrogens (tertiary/aromatic N) is 4. The summed E-state index contributed by atoms with van der Waals surface area (Å²) in [5.41, 5.74) is 4.63. The van der Waals surface area contributed by atoms with E-state index in [0.29, 0.717) is 17.8 Å². The van der Waals surface area contributed by atoms with Crippen molar-refractivity contribution in [3.05, 3.63) is 135 Å². The molecule has 7 rings (SSSR count). The number of alkyl carbamates (subject to hydrolysis) is 1. The first-order valence-corrected chi connectivity index (χ1v) is 18.3. The lowest BCUT2D eigenvalue weighted by molar-refractivity contribution is -0.384. The highest BCUT2D eigenvalue weighted by atomic mass is 16.7. The molecule has 3 fully saturated rings. The number of rotatable bonds is 11. The van der Waals surface area contributed by atoms with Crippen LogP contribution in [0.5, 0.6) is 0 Å². The van der Waals surface area contributed by atoms with Gasteiger partial charge in [0, 0.05) is 62.0 Å². The molecule has 0 spiro atoms. The van der Waals surface area contributed by atoms with Gasteiger partial charge in [0.1, 0.15) is 12.6 Å². The number of ether oxygens (including phenoxy) is 3. The summed E-state index contributed by atoms with van der Waals surface area (Å²) in [7, 11) is 0. The SMILES string of the molecule is C[C@H]1[C@@H](CN2CCN(c3ccc([N+](=O)[O-])cc3)CC2)O[C@@H](c2ccc(N3C(=O)CC(NC(=O)OCc4ccccc4)C3=O)cc2)O[C@H]1c1ccc(CO)cc1. The number of aliphatic hydroxyl groups is 1. The zero-order chi connectivity index (χ0) is 38.5. The van der Waals surface area contributed by atoms with E-state index in [-0.39, 0.29) is 43.4 Å². The molecule has 0 saturated carbocycles. The Morgan fingerprint density at radius 3 is 2.16 bits per heavy atom. The van der Waals surface area contributed by atoms with Gasteiger partial charge in [-0.3, -0.25) is 24.6 Å². The molecule has 1 unspecified atom stereocenters. The third kappa shape index (κ3) is 8.68. The molecule has 3 amide bonds. The van der Waals surface area contributed by atoms with Crippen LogP contribution in [0.3, 0.4) is 0 Å². The van der Waals surface area contributed by atoms with Crippen LogP contribution < -0.4 is 15.1 Å². The standard InChI is InChI=1S/C41H43N5O9/c1-27-36(24-43-19-21-44(22-20-43)32-15-17-34(18-16-32)46(51)52)54-40(55-38(27)30-9-7-28(25-47)8-10-30)31-11-13-33(14-12-31)45-37(48)23-35(39(45)49)42-41(50)53-26-29-5-3-2-4-6-29/h2-18,27,35-36,38,40,47H,19-26H2,1H3,(H,42,50)/t27-,35?,36+,38+,40+/m0/s1. The van der Waals surface area contributed by atoms with E-state index >= 15 is 0 Å². The van der Waals surface area contributed by atoms with Gasteiger partial charge in [-0.2, -0.15) is 0 Å². The van der Waals surface area contributed by atoms with Gasteiger partial charge in [0.05, 0.1) is 35.8 Å². The van der Waals surface area contributed by atoms with Crippen molar-refractivity contribution >= 4 is 35.0 Å². The molecule has 0 radical (unpaired) electrons. The normalized spacial score (nSPS) is 23.1. The Balaban J connectivity index is 1.02. The number of aliphatic hydroxyl groups excluding tert-OH is 1. The van der Waals surface area contributed by atoms with Crippen molar-refractivity contribution < 1.29 is 38.6 Å². The number of imide groups is 1. The second kappa shape index (κ2) is 16.8. The number of carbonyl (C=O) groups is 3. The highest BCUT2D eigenvalue weighted by molar-refractivity contribution is 6.22. The summed E-state index contributed by atoms with van der Waals surface area (Å²) in [6.45, 7) is 5.79. The van der Waals surface area contributed by atoms with Gasteiger partial charge in [-0.1, -0.05) is 73.7 Å². The Bertz CT molecular complexity index is 1970. The molecule has 286 valence electrons. The van der Waals surface area contributed by atoms with Crippen LogP contribution >= 0.6 is 0 Å². The number of piperazine rings is 1. The minimum atomic E-state index is -1.04. The van der Waals surface area contributed by atoms with Crippen LogP contribution in [-0.2, 0) is 37.0 Å². The number of nitro benzene ring substituents is 1. The first-order chi connectivity index (χ1) is 26.7. The Kier molecular flexibility index (Phi) is 11.5. The van der Waals surface area contributed by atoms with Crippen LogP contribution in [-0.4, -0.2) is 77.7 Å². The highest BCUT2D eigenvalue weighted by Crippen LogP contribution is 2.42. The Labute approximate surface area is 318 Å². The first-order valence-electron chi connectivity index (χ1n) is 18.3. The van der Waals surface area contributed by atoms with Gasteiger partial charge in [0.15, 0.2) is 6.29 Å². The Hall–Kier alpha value is -5.67. The van der Waals surface area contributed by atoms with E-state index in [1.807, 2.05) is 54.6 Å². The predicted molar refractivity (Wildman–Crippen MR) is 202 cm³/mol. The van der Waals surface area contributed by atoms with Crippen molar-refractivity contribution in [1.82, 2.24) is 10.2 Å². The van der Waals surface area contributed by atoms with Gasteiger partial charge < -0.3 is 29.5 Å². The predicted octanol–water partition coefficient (Wildman–Crippen LogP) is 5.26. The molecule has 14 heteroatoms. The summed E-state index contributed by atoms with van der Waals surface area (Å²) in [4.78, 5) is 55.1. The fourth-order valence-corrected chi connectivity index (χ4v) is 7.26. The molecule has 5 atom stereocenters. The van der Waals surface area contributed by atoms with Crippen molar-refractivity contribution in [3.63, 3.8) is 0 Å². The van der Waals surface area contributed by atoms with Gasteiger partial charge in [0.2, 0.25) is 5.91 Å². The van der Waals surface area contributed by atoms with Crippen molar-refractivity contribution in [2.24, 2.45) is 5.92 Å². The van der Waals surface area contributed by atoms with Gasteiger partial charge in [-0.15, -0.1) is 0 Å². The van der Waals surface area contributed by atoms with Crippen LogP contribution in [0, 0.1) is 16.0 Å². The molecule has 3 saturated heterocycles. The van der Waals surface area contributed by atoms with Crippen molar-refractivity contribution in [3.8, 4) is 0 Å². The number of hydrogen-bond acceptors (Lipinski definition) is 11. The average Bonchev–Trinajstić information content (AvgIpc) is 3.49. The van der Waals surface area contributed by atoms with Gasteiger partial charge in [-0.05, 0) is 41.0 Å². The molecule has 3 aliphatic heterocycles. The van der Waals surface area contributed by atoms with Gasteiger partial charge in [-0.25, -0.2) is 9.69 Å². The molecule has 4 aromatic rings. The maximum atomic E-state index is 13.3. The van der Waals surface area contributed by atoms with E-state index in [1.165, 1.54) is 12.1 Å². The molecule has 0 aromatic heterocycles. The summed E-state index contributed by atoms with van der Waals surface area (Å²) < 4.78 is 18.5. The van der Waals surface area contributed by atoms with Crippen LogP contribution in [0.25, 0.3) is 0 Å². The molecule has 3 heterocycles. The lowest BCUT2D eigenvalue weighted by atomic mass is 9.90. The van der Waals surface area contributed by atoms with Gasteiger partial charge >= 0.3 is 6.09 Å². The molecular weight excluding hydrogens is 706 g/mol. The quantitative estimate of drug-likeness (QED) is 0.117. The molecule has 3 aliphatic rings. The lowest BCUT2D eigenvalue weighted by Crippen LogP contribution is -2.51. The fraction of sp³-hybridized carbons (Fsp3) is 0.341. The third-order valence-corrected chi connectivity index (χ3v) is 10.4. The number of non-ortho nitro benzene ring substituents is 1. The van der Waals surface area contributed by atoms with E-state index in [2.05, 4.69) is 22.0 Å². The molecule has 0 aliphatic carbocycles. The number of hydrogen-bond donors (Lipinski definition) is 2. The van der Waals surface area contributed by atoms with Crippen LogP contribution in [0.15, 0.2) is 103 Å². The molecule has 14 nitrogen and oxygen atoms in total. The number of nitro groups is 1. The molecule has 55 heavy (non-hydrogen) atoms. The summed E-state index contributed by atoms with van der Waals surface area (Å²) in [5.74, 6) is -1.02. The van der Waals surface area contributed by atoms with Crippen molar-refractivity contribution in [1.29, 1.82) is 0 Å². The summed E-state index contributed by atoms with van der Waals surface area (Å²) >= 11 is 0. The maximum Gasteiger partial charge on any atom is 0.408 e. The minimum Gasteiger partial charge on any atom is -0.445 e. The van der Waals surface area contributed by atoms with E-state index < -0.39 is 35.2 Å². The van der Waals surface area contributed by atoms with E-state index in [4.69, 9.17) is 14.2 Å². The smallest absolute Gasteiger partial charge is 0.408 e. The second-order valence-electron chi connectivity index (χ2n) is 14.0. The van der Waals surface area contributed by atoms with E-state index in [9.17, 15) is 29.6 Å². The van der Waals surface area contributed by atoms with Gasteiger partial charge in [0.25, 0.3) is 11.6 Å². The summed E-state index contributed by atoms with van der Waals surface area (Å²) in [5, 5.41) is 23.2. The largest absolute Gasteiger partial charge is 0.445 e. The molecular formula is C41H43N5O9. The number of anilines is 2. The average molecular weight is 750 g/mol. The number of nitrogens with one attached hydrogen (secondary N) is 1. The first kappa shape index (κ1) is 37.6. The Morgan fingerprint density at radius 1 is 0.855 bits per heavy atom. The van der Waals surface area contributed by atoms with Crippen LogP contribution in [0.4, 0.5) is 21.9 Å². The van der Waals surface area contributed by atoms with Crippen LogP contribution in [0.2, 0.25) is 0 Å². The molecule has 2 N–H and O–H groups in total. The number of amides is 3. The van der Waals surface area contributed by atoms with Crippen molar-refractivity contribution in [2.45, 2.75) is 51.1 Å². The van der Waals surface area contributed by atoms with Crippen molar-refractivity contribution in [2.75, 3.05) is 42.5 Å². The lowest BCUT2D eigenvalue weighted by Gasteiger charge is -2.44. The monoisotopic (exact) mass is 749 g/mol. The zero-order valence-corrected chi connectivity index (χ0v) is 30.4. The number of carbonyl (C=O) groups excluding carboxylic acids is 3. The van der Waals surface area contributed by atoms with E-state index in [1.54, 1.807) is 36.4 Å². The Morgan fingerprint density at radius 2 is 1.51 bits per heavy atom. The molecule has 4 aromatic carbocycles.